The molecule has 158 valence electrons. The van der Waals surface area contributed by atoms with E-state index in [9.17, 15) is 9.59 Å². The summed E-state index contributed by atoms with van der Waals surface area (Å²) >= 11 is 5.23. The summed E-state index contributed by atoms with van der Waals surface area (Å²) in [5.41, 5.74) is 4.30. The Bertz CT molecular complexity index is 1070. The van der Waals surface area contributed by atoms with Gasteiger partial charge >= 0.3 is 0 Å². The van der Waals surface area contributed by atoms with Crippen molar-refractivity contribution < 1.29 is 9.59 Å². The van der Waals surface area contributed by atoms with Gasteiger partial charge in [0.15, 0.2) is 5.11 Å². The van der Waals surface area contributed by atoms with Crippen LogP contribution in [0.25, 0.3) is 0 Å². The zero-order valence-electron chi connectivity index (χ0n) is 17.5. The summed E-state index contributed by atoms with van der Waals surface area (Å²) in [4.78, 5) is 24.7. The summed E-state index contributed by atoms with van der Waals surface area (Å²) < 4.78 is 0. The molecule has 0 spiro atoms. The van der Waals surface area contributed by atoms with E-state index >= 15 is 0 Å². The molecule has 0 saturated heterocycles. The van der Waals surface area contributed by atoms with Crippen LogP contribution in [0.3, 0.4) is 0 Å². The van der Waals surface area contributed by atoms with Crippen LogP contribution < -0.4 is 16.0 Å². The largest absolute Gasteiger partial charge is 0.346 e. The van der Waals surface area contributed by atoms with E-state index in [1.807, 2.05) is 68.4 Å². The minimum Gasteiger partial charge on any atom is -0.346 e. The van der Waals surface area contributed by atoms with E-state index in [4.69, 9.17) is 12.2 Å². The molecule has 0 aliphatic carbocycles. The molecular formula is C25H25N3O2S. The van der Waals surface area contributed by atoms with Crippen molar-refractivity contribution in [3.05, 3.63) is 101 Å². The van der Waals surface area contributed by atoms with Crippen LogP contribution in [0.1, 0.15) is 40.0 Å². The van der Waals surface area contributed by atoms with Crippen LogP contribution >= 0.6 is 12.2 Å². The molecule has 3 N–H and O–H groups in total. The molecule has 0 fully saturated rings. The molecule has 0 aliphatic rings. The lowest BCUT2D eigenvalue weighted by Gasteiger charge is -2.15. The van der Waals surface area contributed by atoms with Crippen molar-refractivity contribution in [1.29, 1.82) is 0 Å². The molecular weight excluding hydrogens is 406 g/mol. The van der Waals surface area contributed by atoms with Gasteiger partial charge in [-0.25, -0.2) is 0 Å². The minimum atomic E-state index is -0.183. The Morgan fingerprint density at radius 1 is 0.903 bits per heavy atom. The van der Waals surface area contributed by atoms with E-state index in [1.54, 1.807) is 24.3 Å². The third-order valence-electron chi connectivity index (χ3n) is 4.92. The highest BCUT2D eigenvalue weighted by Crippen LogP contribution is 2.14. The number of anilines is 1. The van der Waals surface area contributed by atoms with E-state index < -0.39 is 0 Å². The van der Waals surface area contributed by atoms with Gasteiger partial charge in [0.25, 0.3) is 5.91 Å². The number of hydrogen-bond donors (Lipinski definition) is 3. The van der Waals surface area contributed by atoms with Crippen molar-refractivity contribution in [2.24, 2.45) is 0 Å². The molecule has 0 radical (unpaired) electrons. The van der Waals surface area contributed by atoms with Gasteiger partial charge in [0.1, 0.15) is 0 Å². The Morgan fingerprint density at radius 3 is 2.23 bits per heavy atom. The molecule has 3 aromatic rings. The lowest BCUT2D eigenvalue weighted by Crippen LogP contribution is -2.35. The summed E-state index contributed by atoms with van der Waals surface area (Å²) in [5.74, 6) is -0.338. The van der Waals surface area contributed by atoms with Gasteiger partial charge in [0.05, 0.1) is 12.5 Å². The first-order valence-electron chi connectivity index (χ1n) is 10.0. The second-order valence-corrected chi connectivity index (χ2v) is 7.70. The van der Waals surface area contributed by atoms with Crippen LogP contribution in [-0.2, 0) is 11.2 Å². The standard InChI is InChI=1S/C25H25N3O2S/c1-17-8-6-7-11-21(17)16-23(29)28-25(31)27-22-14-12-20(13-15-22)24(30)26-18(2)19-9-4-3-5-10-19/h3-15,18H,16H2,1-2H3,(H,26,30)(H2,27,28,29,31). The van der Waals surface area contributed by atoms with Crippen molar-refractivity contribution in [1.82, 2.24) is 10.6 Å². The summed E-state index contributed by atoms with van der Waals surface area (Å²) in [7, 11) is 0. The maximum atomic E-state index is 12.5. The minimum absolute atomic E-state index is 0.0949. The number of carbonyl (C=O) groups is 2. The Labute approximate surface area is 187 Å². The molecule has 0 bridgehead atoms. The van der Waals surface area contributed by atoms with Gasteiger partial charge in [0.2, 0.25) is 5.91 Å². The second-order valence-electron chi connectivity index (χ2n) is 7.29. The van der Waals surface area contributed by atoms with Crippen LogP contribution in [0.4, 0.5) is 5.69 Å². The predicted octanol–water partition coefficient (Wildman–Crippen LogP) is 4.54. The monoisotopic (exact) mass is 431 g/mol. The first kappa shape index (κ1) is 22.2. The van der Waals surface area contributed by atoms with E-state index in [0.717, 1.165) is 16.7 Å². The Morgan fingerprint density at radius 2 is 1.55 bits per heavy atom. The Hall–Kier alpha value is -3.51. The molecule has 0 heterocycles. The van der Waals surface area contributed by atoms with Gasteiger partial charge in [-0.2, -0.15) is 0 Å². The fourth-order valence-electron chi connectivity index (χ4n) is 3.12. The summed E-state index contributed by atoms with van der Waals surface area (Å²) in [5, 5.41) is 8.86. The van der Waals surface area contributed by atoms with E-state index in [1.165, 1.54) is 0 Å². The number of carbonyl (C=O) groups excluding carboxylic acids is 2. The number of rotatable bonds is 6. The molecule has 2 amide bonds. The van der Waals surface area contributed by atoms with Crippen molar-refractivity contribution >= 4 is 34.8 Å². The number of benzene rings is 3. The fraction of sp³-hybridized carbons (Fsp3) is 0.160. The maximum Gasteiger partial charge on any atom is 0.251 e. The molecule has 0 saturated carbocycles. The van der Waals surface area contributed by atoms with Crippen LogP contribution in [0.2, 0.25) is 0 Å². The first-order valence-corrected chi connectivity index (χ1v) is 10.4. The zero-order valence-corrected chi connectivity index (χ0v) is 18.3. The van der Waals surface area contributed by atoms with Gasteiger partial charge in [-0.1, -0.05) is 54.6 Å². The summed E-state index contributed by atoms with van der Waals surface area (Å²) in [6.45, 7) is 3.92. The number of aryl methyl sites for hydroxylation is 1. The van der Waals surface area contributed by atoms with E-state index in [0.29, 0.717) is 11.3 Å². The molecule has 0 aliphatic heterocycles. The summed E-state index contributed by atoms with van der Waals surface area (Å²) in [6.07, 6.45) is 0.257. The summed E-state index contributed by atoms with van der Waals surface area (Å²) in [6, 6.07) is 24.4. The zero-order chi connectivity index (χ0) is 22.2. The van der Waals surface area contributed by atoms with E-state index in [2.05, 4.69) is 16.0 Å². The SMILES string of the molecule is Cc1ccccc1CC(=O)NC(=S)Nc1ccc(C(=O)NC(C)c2ccccc2)cc1. The molecule has 3 rings (SSSR count). The highest BCUT2D eigenvalue weighted by Gasteiger charge is 2.12. The lowest BCUT2D eigenvalue weighted by molar-refractivity contribution is -0.119. The maximum absolute atomic E-state index is 12.5. The first-order chi connectivity index (χ1) is 14.9. The van der Waals surface area contributed by atoms with Gasteiger partial charge in [0, 0.05) is 11.3 Å². The van der Waals surface area contributed by atoms with Crippen LogP contribution in [0, 0.1) is 6.92 Å². The van der Waals surface area contributed by atoms with Crippen LogP contribution in [0.15, 0.2) is 78.9 Å². The molecule has 31 heavy (non-hydrogen) atoms. The Balaban J connectivity index is 1.51. The topological polar surface area (TPSA) is 70.2 Å². The lowest BCUT2D eigenvalue weighted by atomic mass is 10.1. The molecule has 6 heteroatoms. The van der Waals surface area contributed by atoms with Crippen LogP contribution in [0.5, 0.6) is 0 Å². The van der Waals surface area contributed by atoms with Gasteiger partial charge in [-0.3, -0.25) is 9.59 Å². The average molecular weight is 432 g/mol. The van der Waals surface area contributed by atoms with Crippen molar-refractivity contribution in [3.8, 4) is 0 Å². The third kappa shape index (κ3) is 6.49. The second kappa shape index (κ2) is 10.5. The highest BCUT2D eigenvalue weighted by atomic mass is 32.1. The third-order valence-corrected chi connectivity index (χ3v) is 5.12. The van der Waals surface area contributed by atoms with Crippen molar-refractivity contribution in [2.75, 3.05) is 5.32 Å². The van der Waals surface area contributed by atoms with Gasteiger partial charge < -0.3 is 16.0 Å². The average Bonchev–Trinajstić information content (AvgIpc) is 2.76. The van der Waals surface area contributed by atoms with E-state index in [-0.39, 0.29) is 29.4 Å². The molecule has 3 aromatic carbocycles. The van der Waals surface area contributed by atoms with Gasteiger partial charge in [-0.05, 0) is 67.0 Å². The number of nitrogens with one attached hydrogen (secondary N) is 3. The molecule has 5 nitrogen and oxygen atoms in total. The predicted molar refractivity (Wildman–Crippen MR) is 128 cm³/mol. The van der Waals surface area contributed by atoms with Gasteiger partial charge in [-0.15, -0.1) is 0 Å². The normalized spacial score (nSPS) is 11.3. The molecule has 1 atom stereocenters. The quantitative estimate of drug-likeness (QED) is 0.501. The number of thiocarbonyl (C=S) groups is 1. The Kier molecular flexibility index (Phi) is 7.51. The fourth-order valence-corrected chi connectivity index (χ4v) is 3.36. The number of hydrogen-bond acceptors (Lipinski definition) is 3. The highest BCUT2D eigenvalue weighted by molar-refractivity contribution is 7.80. The van der Waals surface area contributed by atoms with Crippen LogP contribution in [-0.4, -0.2) is 16.9 Å². The molecule has 0 aromatic heterocycles. The smallest absolute Gasteiger partial charge is 0.251 e. The van der Waals surface area contributed by atoms with Crippen molar-refractivity contribution in [3.63, 3.8) is 0 Å². The molecule has 1 unspecified atom stereocenters. The number of amides is 2. The van der Waals surface area contributed by atoms with Crippen molar-refractivity contribution in [2.45, 2.75) is 26.3 Å².